The normalized spacial score (nSPS) is 21.6. The van der Waals surface area contributed by atoms with E-state index >= 15 is 0 Å². The van der Waals surface area contributed by atoms with E-state index in [1.165, 1.54) is 0 Å². The van der Waals surface area contributed by atoms with Gasteiger partial charge in [-0.1, -0.05) is 13.8 Å². The summed E-state index contributed by atoms with van der Waals surface area (Å²) in [5, 5.41) is 11.1. The third-order valence-electron chi connectivity index (χ3n) is 2.24. The van der Waals surface area contributed by atoms with E-state index in [0.717, 1.165) is 0 Å². The maximum atomic E-state index is 5.48. The van der Waals surface area contributed by atoms with Crippen LogP contribution in [0.1, 0.15) is 31.7 Å². The first-order valence-electron chi connectivity index (χ1n) is 5.50. The first-order chi connectivity index (χ1) is 7.75. The number of nitrogens with zero attached hydrogens (tertiary/aromatic N) is 2. The van der Waals surface area contributed by atoms with Crippen molar-refractivity contribution in [2.45, 2.75) is 32.5 Å². The average Bonchev–Trinajstić information content (AvgIpc) is 2.76. The molecular weight excluding hydrogens is 210 g/mol. The van der Waals surface area contributed by atoms with Gasteiger partial charge < -0.3 is 19.2 Å². The molecule has 1 atom stereocenters. The van der Waals surface area contributed by atoms with Crippen molar-refractivity contribution < 1.29 is 13.9 Å². The fraction of sp³-hybridized carbons (Fsp3) is 0.800. The molecular formula is C10H17N3O3. The van der Waals surface area contributed by atoms with Crippen LogP contribution >= 0.6 is 0 Å². The van der Waals surface area contributed by atoms with E-state index in [1.54, 1.807) is 0 Å². The fourth-order valence-corrected chi connectivity index (χ4v) is 1.39. The predicted octanol–water partition coefficient (Wildman–Crippen LogP) is 0.655. The van der Waals surface area contributed by atoms with Crippen LogP contribution in [0, 0.1) is 0 Å². The van der Waals surface area contributed by atoms with Crippen LogP contribution in [0.3, 0.4) is 0 Å². The molecule has 0 spiro atoms. The van der Waals surface area contributed by atoms with Crippen molar-refractivity contribution in [2.75, 3.05) is 19.8 Å². The van der Waals surface area contributed by atoms with E-state index in [0.29, 0.717) is 44.2 Å². The Labute approximate surface area is 94.3 Å². The standard InChI is InChI=1S/C10H17N3O3/c1-7(2)11-5-9-12-13-10(16-9)8-6-14-3-4-15-8/h7-8,11H,3-6H2,1-2H3. The number of aromatic nitrogens is 2. The summed E-state index contributed by atoms with van der Waals surface area (Å²) in [6, 6.07) is 0.393. The molecule has 2 heterocycles. The molecule has 1 N–H and O–H groups in total. The monoisotopic (exact) mass is 227 g/mol. The number of ether oxygens (including phenoxy) is 2. The number of rotatable bonds is 4. The van der Waals surface area contributed by atoms with E-state index in [2.05, 4.69) is 29.4 Å². The summed E-state index contributed by atoms with van der Waals surface area (Å²) in [6.45, 7) is 6.40. The summed E-state index contributed by atoms with van der Waals surface area (Å²) >= 11 is 0. The smallest absolute Gasteiger partial charge is 0.247 e. The molecule has 6 heteroatoms. The van der Waals surface area contributed by atoms with Crippen LogP contribution in [-0.2, 0) is 16.0 Å². The third kappa shape index (κ3) is 3.01. The quantitative estimate of drug-likeness (QED) is 0.814. The second kappa shape index (κ2) is 5.38. The lowest BCUT2D eigenvalue weighted by Gasteiger charge is -2.19. The summed E-state index contributed by atoms with van der Waals surface area (Å²) in [6.07, 6.45) is -0.214. The zero-order valence-electron chi connectivity index (χ0n) is 9.60. The Morgan fingerprint density at radius 3 is 2.94 bits per heavy atom. The topological polar surface area (TPSA) is 69.4 Å². The van der Waals surface area contributed by atoms with Crippen molar-refractivity contribution in [1.82, 2.24) is 15.5 Å². The van der Waals surface area contributed by atoms with Gasteiger partial charge in [0.2, 0.25) is 11.8 Å². The molecule has 0 saturated carbocycles. The zero-order chi connectivity index (χ0) is 11.4. The Morgan fingerprint density at radius 1 is 1.38 bits per heavy atom. The molecule has 1 aliphatic heterocycles. The molecule has 0 aromatic carbocycles. The largest absolute Gasteiger partial charge is 0.421 e. The molecule has 1 unspecified atom stereocenters. The molecule has 6 nitrogen and oxygen atoms in total. The van der Waals surface area contributed by atoms with Crippen molar-refractivity contribution in [3.05, 3.63) is 11.8 Å². The highest BCUT2D eigenvalue weighted by molar-refractivity contribution is 4.88. The Bertz CT molecular complexity index is 321. The minimum Gasteiger partial charge on any atom is -0.421 e. The predicted molar refractivity (Wildman–Crippen MR) is 55.8 cm³/mol. The maximum Gasteiger partial charge on any atom is 0.247 e. The molecule has 0 aliphatic carbocycles. The molecule has 2 rings (SSSR count). The Morgan fingerprint density at radius 2 is 2.25 bits per heavy atom. The van der Waals surface area contributed by atoms with Gasteiger partial charge in [0.1, 0.15) is 0 Å². The second-order valence-electron chi connectivity index (χ2n) is 4.00. The Kier molecular flexibility index (Phi) is 3.87. The van der Waals surface area contributed by atoms with Crippen LogP contribution in [0.2, 0.25) is 0 Å². The fourth-order valence-electron chi connectivity index (χ4n) is 1.39. The SMILES string of the molecule is CC(C)NCc1nnc(C2COCCO2)o1. The number of nitrogens with one attached hydrogen (secondary N) is 1. The van der Waals surface area contributed by atoms with Crippen molar-refractivity contribution in [1.29, 1.82) is 0 Å². The average molecular weight is 227 g/mol. The lowest BCUT2D eigenvalue weighted by molar-refractivity contribution is -0.0999. The molecule has 0 bridgehead atoms. The summed E-state index contributed by atoms with van der Waals surface area (Å²) in [7, 11) is 0. The Hall–Kier alpha value is -0.980. The summed E-state index contributed by atoms with van der Waals surface area (Å²) in [5.41, 5.74) is 0. The molecule has 1 aromatic heterocycles. The third-order valence-corrected chi connectivity index (χ3v) is 2.24. The molecule has 1 aliphatic rings. The van der Waals surface area contributed by atoms with Crippen molar-refractivity contribution in [2.24, 2.45) is 0 Å². The molecule has 0 amide bonds. The van der Waals surface area contributed by atoms with Crippen LogP contribution in [0.25, 0.3) is 0 Å². The van der Waals surface area contributed by atoms with Gasteiger partial charge in [-0.15, -0.1) is 10.2 Å². The van der Waals surface area contributed by atoms with Crippen LogP contribution < -0.4 is 5.32 Å². The first-order valence-corrected chi connectivity index (χ1v) is 5.50. The minimum atomic E-state index is -0.214. The second-order valence-corrected chi connectivity index (χ2v) is 4.00. The highest BCUT2D eigenvalue weighted by Gasteiger charge is 2.22. The summed E-state index contributed by atoms with van der Waals surface area (Å²) in [5.74, 6) is 1.08. The van der Waals surface area contributed by atoms with Crippen LogP contribution in [0.4, 0.5) is 0 Å². The lowest BCUT2D eigenvalue weighted by atomic mass is 10.3. The molecule has 0 radical (unpaired) electrons. The van der Waals surface area contributed by atoms with Crippen molar-refractivity contribution in [3.63, 3.8) is 0 Å². The van der Waals surface area contributed by atoms with Gasteiger partial charge in [-0.05, 0) is 0 Å². The van der Waals surface area contributed by atoms with Gasteiger partial charge in [0.25, 0.3) is 0 Å². The Balaban J connectivity index is 1.90. The maximum absolute atomic E-state index is 5.48. The van der Waals surface area contributed by atoms with Gasteiger partial charge >= 0.3 is 0 Å². The van der Waals surface area contributed by atoms with Gasteiger partial charge in [0.15, 0.2) is 6.10 Å². The number of hydrogen-bond acceptors (Lipinski definition) is 6. The van der Waals surface area contributed by atoms with Crippen LogP contribution in [0.5, 0.6) is 0 Å². The molecule has 90 valence electrons. The molecule has 1 fully saturated rings. The lowest BCUT2D eigenvalue weighted by Crippen LogP contribution is -2.22. The van der Waals surface area contributed by atoms with Crippen molar-refractivity contribution >= 4 is 0 Å². The summed E-state index contributed by atoms with van der Waals surface area (Å²) in [4.78, 5) is 0. The molecule has 1 saturated heterocycles. The van der Waals surface area contributed by atoms with Gasteiger partial charge in [0, 0.05) is 6.04 Å². The van der Waals surface area contributed by atoms with E-state index in [9.17, 15) is 0 Å². The first kappa shape index (κ1) is 11.5. The zero-order valence-corrected chi connectivity index (χ0v) is 9.60. The highest BCUT2D eigenvalue weighted by Crippen LogP contribution is 2.19. The van der Waals surface area contributed by atoms with E-state index < -0.39 is 0 Å². The van der Waals surface area contributed by atoms with E-state index in [4.69, 9.17) is 13.9 Å². The van der Waals surface area contributed by atoms with E-state index in [-0.39, 0.29) is 6.10 Å². The minimum absolute atomic E-state index is 0.214. The van der Waals surface area contributed by atoms with E-state index in [1.807, 2.05) is 0 Å². The van der Waals surface area contributed by atoms with Gasteiger partial charge in [0.05, 0.1) is 26.4 Å². The highest BCUT2D eigenvalue weighted by atomic mass is 16.6. The molecule has 1 aromatic rings. The summed E-state index contributed by atoms with van der Waals surface area (Å²) < 4.78 is 16.2. The van der Waals surface area contributed by atoms with Gasteiger partial charge in [-0.25, -0.2) is 0 Å². The van der Waals surface area contributed by atoms with Gasteiger partial charge in [-0.2, -0.15) is 0 Å². The van der Waals surface area contributed by atoms with Crippen LogP contribution in [0.15, 0.2) is 4.42 Å². The van der Waals surface area contributed by atoms with Gasteiger partial charge in [-0.3, -0.25) is 0 Å². The van der Waals surface area contributed by atoms with Crippen LogP contribution in [-0.4, -0.2) is 36.1 Å². The number of hydrogen-bond donors (Lipinski definition) is 1. The van der Waals surface area contributed by atoms with Crippen molar-refractivity contribution in [3.8, 4) is 0 Å². The molecule has 16 heavy (non-hydrogen) atoms.